The fourth-order valence-electron chi connectivity index (χ4n) is 6.64. The molecule has 4 rings (SSSR count). The molecule has 3 heterocycles. The van der Waals surface area contributed by atoms with Gasteiger partial charge in [0.25, 0.3) is 5.91 Å². The van der Waals surface area contributed by atoms with Crippen LogP contribution in [0.2, 0.25) is 0 Å². The van der Waals surface area contributed by atoms with E-state index >= 15 is 0 Å². The van der Waals surface area contributed by atoms with Crippen molar-refractivity contribution in [3.63, 3.8) is 0 Å². The monoisotopic (exact) mass is 554 g/mol. The molecule has 0 aliphatic carbocycles. The quantitative estimate of drug-likeness (QED) is 0.213. The van der Waals surface area contributed by atoms with Gasteiger partial charge in [-0.05, 0) is 62.3 Å². The Labute approximate surface area is 236 Å². The number of esters is 1. The Morgan fingerprint density at radius 2 is 1.95 bits per heavy atom. The highest BCUT2D eigenvalue weighted by atomic mass is 16.6. The highest BCUT2D eigenvalue weighted by molar-refractivity contribution is 6.04. The van der Waals surface area contributed by atoms with E-state index in [0.717, 1.165) is 12.8 Å². The Kier molecular flexibility index (Phi) is 9.36. The highest BCUT2D eigenvalue weighted by Crippen LogP contribution is 2.59. The number of hydrogen-bond acceptors (Lipinski definition) is 7. The fourth-order valence-corrected chi connectivity index (χ4v) is 6.64. The largest absolute Gasteiger partial charge is 0.497 e. The first kappa shape index (κ1) is 29.8. The van der Waals surface area contributed by atoms with Crippen molar-refractivity contribution in [1.29, 1.82) is 0 Å². The molecule has 9 nitrogen and oxygen atoms in total. The highest BCUT2D eigenvalue weighted by Gasteiger charge is 2.75. The number of carbonyl (C=O) groups is 3. The maximum absolute atomic E-state index is 14.5. The predicted octanol–water partition coefficient (Wildman–Crippen LogP) is 3.51. The van der Waals surface area contributed by atoms with Gasteiger partial charge in [-0.15, -0.1) is 13.2 Å². The van der Waals surface area contributed by atoms with Crippen LogP contribution in [0, 0.1) is 17.8 Å². The lowest BCUT2D eigenvalue weighted by atomic mass is 9.70. The smallest absolute Gasteiger partial charge is 0.312 e. The first-order valence-corrected chi connectivity index (χ1v) is 14.2. The molecule has 3 saturated heterocycles. The number of likely N-dealkylation sites (tertiary alicyclic amines) is 1. The van der Waals surface area contributed by atoms with Gasteiger partial charge >= 0.3 is 5.97 Å². The van der Waals surface area contributed by atoms with Gasteiger partial charge in [0, 0.05) is 12.2 Å². The number of anilines is 1. The molecule has 3 aliphatic heterocycles. The minimum atomic E-state index is -1.18. The zero-order valence-electron chi connectivity index (χ0n) is 23.8. The van der Waals surface area contributed by atoms with Crippen LogP contribution >= 0.6 is 0 Å². The molecule has 2 unspecified atom stereocenters. The first-order chi connectivity index (χ1) is 19.2. The molecule has 1 aromatic carbocycles. The summed E-state index contributed by atoms with van der Waals surface area (Å²) in [6.07, 6.45) is 6.37. The zero-order chi connectivity index (χ0) is 29.0. The van der Waals surface area contributed by atoms with Crippen LogP contribution < -0.4 is 9.64 Å². The fraction of sp³-hybridized carbons (Fsp3) is 0.581. The van der Waals surface area contributed by atoms with Crippen molar-refractivity contribution >= 4 is 23.5 Å². The normalized spacial score (nSPS) is 27.4. The van der Waals surface area contributed by atoms with Crippen LogP contribution in [0.1, 0.15) is 46.0 Å². The number of rotatable bonds is 14. The molecule has 6 atom stereocenters. The molecule has 3 aliphatic rings. The minimum absolute atomic E-state index is 0.138. The van der Waals surface area contributed by atoms with Gasteiger partial charge in [-0.2, -0.15) is 0 Å². The lowest BCUT2D eigenvalue weighted by Gasteiger charge is -2.40. The molecule has 40 heavy (non-hydrogen) atoms. The van der Waals surface area contributed by atoms with Crippen molar-refractivity contribution < 1.29 is 33.7 Å². The molecule has 0 radical (unpaired) electrons. The predicted molar refractivity (Wildman–Crippen MR) is 151 cm³/mol. The van der Waals surface area contributed by atoms with E-state index in [-0.39, 0.29) is 37.5 Å². The van der Waals surface area contributed by atoms with Gasteiger partial charge in [0.1, 0.15) is 17.4 Å². The number of hydrogen-bond donors (Lipinski definition) is 1. The maximum Gasteiger partial charge on any atom is 0.312 e. The van der Waals surface area contributed by atoms with Crippen molar-refractivity contribution in [2.45, 2.75) is 69.7 Å². The summed E-state index contributed by atoms with van der Waals surface area (Å²) in [7, 11) is 1.57. The van der Waals surface area contributed by atoms with E-state index in [0.29, 0.717) is 30.7 Å². The summed E-state index contributed by atoms with van der Waals surface area (Å²) in [6, 6.07) is 5.45. The van der Waals surface area contributed by atoms with Gasteiger partial charge in [-0.3, -0.25) is 14.4 Å². The number of aliphatic hydroxyl groups excluding tert-OH is 1. The third-order valence-electron chi connectivity index (χ3n) is 8.57. The molecular formula is C31H42N2O7. The Bertz CT molecular complexity index is 1100. The van der Waals surface area contributed by atoms with Crippen LogP contribution in [0.5, 0.6) is 5.75 Å². The SMILES string of the molecule is C=CCCCCOC(=O)[C@@H]1[C@@H]2CCC3(O2)C(C(=O)N(CC=C)c2ccc(OC)cc2)N([C@@H](CO)C(C)C)C(=O)[C@H]13. The van der Waals surface area contributed by atoms with E-state index in [1.807, 2.05) is 19.9 Å². The number of fused-ring (bicyclic) bond motifs is 1. The summed E-state index contributed by atoms with van der Waals surface area (Å²) in [5, 5.41) is 10.4. The van der Waals surface area contributed by atoms with E-state index in [1.54, 1.807) is 42.4 Å². The number of carbonyl (C=O) groups excluding carboxylic acids is 3. The number of ether oxygens (including phenoxy) is 3. The Morgan fingerprint density at radius 1 is 1.23 bits per heavy atom. The lowest BCUT2D eigenvalue weighted by Crippen LogP contribution is -2.59. The van der Waals surface area contributed by atoms with E-state index in [9.17, 15) is 19.5 Å². The van der Waals surface area contributed by atoms with E-state index in [2.05, 4.69) is 13.2 Å². The second-order valence-electron chi connectivity index (χ2n) is 11.2. The average molecular weight is 555 g/mol. The molecule has 3 fully saturated rings. The Balaban J connectivity index is 1.71. The van der Waals surface area contributed by atoms with Crippen molar-refractivity contribution in [2.75, 3.05) is 31.8 Å². The second kappa shape index (κ2) is 12.6. The van der Waals surface area contributed by atoms with Crippen molar-refractivity contribution in [1.82, 2.24) is 4.90 Å². The summed E-state index contributed by atoms with van der Waals surface area (Å²) >= 11 is 0. The van der Waals surface area contributed by atoms with E-state index < -0.39 is 41.6 Å². The Hall–Kier alpha value is -3.17. The summed E-state index contributed by atoms with van der Waals surface area (Å²) in [5.41, 5.74) is -0.564. The minimum Gasteiger partial charge on any atom is -0.497 e. The summed E-state index contributed by atoms with van der Waals surface area (Å²) in [6.45, 7) is 11.5. The number of methoxy groups -OCH3 is 1. The van der Waals surface area contributed by atoms with Crippen molar-refractivity contribution in [2.24, 2.45) is 17.8 Å². The van der Waals surface area contributed by atoms with Gasteiger partial charge in [-0.1, -0.05) is 26.0 Å². The molecule has 0 aromatic heterocycles. The number of nitrogens with zero attached hydrogens (tertiary/aromatic N) is 2. The molecular weight excluding hydrogens is 512 g/mol. The van der Waals surface area contributed by atoms with Crippen LogP contribution in [-0.2, 0) is 23.9 Å². The summed E-state index contributed by atoms with van der Waals surface area (Å²) in [5.74, 6) is -2.26. The van der Waals surface area contributed by atoms with Crippen molar-refractivity contribution in [3.8, 4) is 5.75 Å². The van der Waals surface area contributed by atoms with Crippen LogP contribution in [0.25, 0.3) is 0 Å². The van der Waals surface area contributed by atoms with E-state index in [1.165, 1.54) is 4.90 Å². The lowest BCUT2D eigenvalue weighted by molar-refractivity contribution is -0.156. The molecule has 1 N–H and O–H groups in total. The molecule has 1 spiro atoms. The van der Waals surface area contributed by atoms with E-state index in [4.69, 9.17) is 14.2 Å². The third-order valence-corrected chi connectivity index (χ3v) is 8.57. The van der Waals surface area contributed by atoms with Gasteiger partial charge in [0.15, 0.2) is 0 Å². The van der Waals surface area contributed by atoms with Crippen LogP contribution in [-0.4, -0.2) is 78.4 Å². The van der Waals surface area contributed by atoms with Gasteiger partial charge < -0.3 is 29.1 Å². The second-order valence-corrected chi connectivity index (χ2v) is 11.2. The first-order valence-electron chi connectivity index (χ1n) is 14.2. The molecule has 2 amide bonds. The van der Waals surface area contributed by atoms with Gasteiger partial charge in [0.05, 0.1) is 44.3 Å². The molecule has 9 heteroatoms. The summed E-state index contributed by atoms with van der Waals surface area (Å²) < 4.78 is 17.4. The number of amides is 2. The summed E-state index contributed by atoms with van der Waals surface area (Å²) in [4.78, 5) is 45.2. The van der Waals surface area contributed by atoms with Crippen LogP contribution in [0.4, 0.5) is 5.69 Å². The number of allylic oxidation sites excluding steroid dienone is 1. The van der Waals surface area contributed by atoms with Crippen molar-refractivity contribution in [3.05, 3.63) is 49.6 Å². The molecule has 1 aromatic rings. The number of unbranched alkanes of at least 4 members (excludes halogenated alkanes) is 2. The molecule has 2 bridgehead atoms. The number of aliphatic hydroxyl groups is 1. The topological polar surface area (TPSA) is 106 Å². The van der Waals surface area contributed by atoms with Crippen LogP contribution in [0.15, 0.2) is 49.6 Å². The maximum atomic E-state index is 14.5. The van der Waals surface area contributed by atoms with Gasteiger partial charge in [0.2, 0.25) is 5.91 Å². The number of benzene rings is 1. The third kappa shape index (κ3) is 5.17. The van der Waals surface area contributed by atoms with Gasteiger partial charge in [-0.25, -0.2) is 0 Å². The average Bonchev–Trinajstić information content (AvgIpc) is 3.59. The zero-order valence-corrected chi connectivity index (χ0v) is 23.8. The van der Waals surface area contributed by atoms with Crippen LogP contribution in [0.3, 0.4) is 0 Å². The molecule has 218 valence electrons. The standard InChI is InChI=1S/C31H42N2O7/c1-6-8-9-10-18-39-30(37)25-24-15-16-31(40-24)26(25)28(35)33(23(19-34)20(3)4)27(31)29(36)32(17-7-2)21-11-13-22(38-5)14-12-21/h6-7,11-14,20,23-27,34H,1-2,8-10,15-19H2,3-5H3/t23-,24-,25+,26-,27?,31?/m0/s1. The molecule has 0 saturated carbocycles. The Morgan fingerprint density at radius 3 is 2.55 bits per heavy atom.